The Hall–Kier alpha value is -2.14. The first-order valence-corrected chi connectivity index (χ1v) is 8.76. The Kier molecular flexibility index (Phi) is 6.01. The molecule has 1 saturated heterocycles. The summed E-state index contributed by atoms with van der Waals surface area (Å²) in [5.74, 6) is -0.127. The Bertz CT molecular complexity index is 612. The lowest BCUT2D eigenvalue weighted by Gasteiger charge is -2.41. The molecule has 25 heavy (non-hydrogen) atoms. The van der Waals surface area contributed by atoms with Gasteiger partial charge in [-0.2, -0.15) is 0 Å². The maximum absolute atomic E-state index is 13.0. The zero-order valence-corrected chi connectivity index (χ0v) is 15.1. The summed E-state index contributed by atoms with van der Waals surface area (Å²) in [7, 11) is 0. The topological polar surface area (TPSA) is 69.6 Å². The molecule has 0 aromatic heterocycles. The van der Waals surface area contributed by atoms with Crippen molar-refractivity contribution in [2.45, 2.75) is 44.1 Å². The van der Waals surface area contributed by atoms with Crippen molar-refractivity contribution < 1.29 is 14.7 Å². The maximum atomic E-state index is 13.0. The first-order chi connectivity index (χ1) is 11.8. The molecule has 0 spiro atoms. The Balaban J connectivity index is 2.16. The normalized spacial score (nSPS) is 17.0. The maximum Gasteiger partial charge on any atom is 0.245 e. The van der Waals surface area contributed by atoms with Crippen LogP contribution in [0.5, 0.6) is 0 Å². The van der Waals surface area contributed by atoms with E-state index in [1.165, 1.54) is 6.08 Å². The highest BCUT2D eigenvalue weighted by atomic mass is 16.3. The first kappa shape index (κ1) is 19.2. The summed E-state index contributed by atoms with van der Waals surface area (Å²) in [4.78, 5) is 26.6. The molecular weight excluding hydrogens is 316 g/mol. The summed E-state index contributed by atoms with van der Waals surface area (Å²) in [6, 6.07) is 9.74. The average molecular weight is 344 g/mol. The molecule has 5 nitrogen and oxygen atoms in total. The third-order valence-corrected chi connectivity index (χ3v) is 4.89. The second-order valence-electron chi connectivity index (χ2n) is 7.30. The van der Waals surface area contributed by atoms with Gasteiger partial charge in [-0.05, 0) is 44.7 Å². The third-order valence-electron chi connectivity index (χ3n) is 4.89. The van der Waals surface area contributed by atoms with Crippen LogP contribution in [-0.2, 0) is 15.0 Å². The molecule has 0 bridgehead atoms. The van der Waals surface area contributed by atoms with Crippen LogP contribution < -0.4 is 5.32 Å². The van der Waals surface area contributed by atoms with Crippen LogP contribution in [0.4, 0.5) is 0 Å². The van der Waals surface area contributed by atoms with Crippen LogP contribution in [0.15, 0.2) is 43.0 Å². The molecular formula is C20H28N2O3. The van der Waals surface area contributed by atoms with Crippen LogP contribution in [0, 0.1) is 0 Å². The SMILES string of the molecule is C=CC(=O)N1CCC(C(=O)NCCC(C)(C)O)(c2ccccc2)CC1. The predicted molar refractivity (Wildman–Crippen MR) is 98.1 cm³/mol. The van der Waals surface area contributed by atoms with E-state index < -0.39 is 11.0 Å². The fourth-order valence-electron chi connectivity index (χ4n) is 3.29. The van der Waals surface area contributed by atoms with Crippen molar-refractivity contribution in [1.82, 2.24) is 10.2 Å². The second-order valence-corrected chi connectivity index (χ2v) is 7.30. The number of aliphatic hydroxyl groups is 1. The predicted octanol–water partition coefficient (Wildman–Crippen LogP) is 2.01. The quantitative estimate of drug-likeness (QED) is 0.776. The van der Waals surface area contributed by atoms with Gasteiger partial charge in [0.05, 0.1) is 11.0 Å². The van der Waals surface area contributed by atoms with Gasteiger partial charge in [0.2, 0.25) is 11.8 Å². The standard InChI is InChI=1S/C20H28N2O3/c1-4-17(23)22-14-11-20(12-15-22,16-8-6-5-7-9-16)18(24)21-13-10-19(2,3)25/h4-9,25H,1,10-15H2,2-3H3,(H,21,24). The van der Waals surface area contributed by atoms with Crippen LogP contribution in [0.2, 0.25) is 0 Å². The van der Waals surface area contributed by atoms with Gasteiger partial charge in [-0.25, -0.2) is 0 Å². The summed E-state index contributed by atoms with van der Waals surface area (Å²) < 4.78 is 0. The van der Waals surface area contributed by atoms with Crippen molar-refractivity contribution in [2.24, 2.45) is 0 Å². The van der Waals surface area contributed by atoms with Crippen LogP contribution in [0.1, 0.15) is 38.7 Å². The number of hydrogen-bond donors (Lipinski definition) is 2. The lowest BCUT2D eigenvalue weighted by Crippen LogP contribution is -2.53. The number of likely N-dealkylation sites (tertiary alicyclic amines) is 1. The Morgan fingerprint density at radius 1 is 1.28 bits per heavy atom. The molecule has 2 rings (SSSR count). The van der Waals surface area contributed by atoms with Gasteiger partial charge >= 0.3 is 0 Å². The van der Waals surface area contributed by atoms with Crippen molar-refractivity contribution in [2.75, 3.05) is 19.6 Å². The zero-order chi connectivity index (χ0) is 18.5. The summed E-state index contributed by atoms with van der Waals surface area (Å²) >= 11 is 0. The number of benzene rings is 1. The molecule has 0 radical (unpaired) electrons. The van der Waals surface area contributed by atoms with Gasteiger partial charge in [0.25, 0.3) is 0 Å². The van der Waals surface area contributed by atoms with Gasteiger partial charge in [-0.3, -0.25) is 9.59 Å². The molecule has 5 heteroatoms. The molecule has 136 valence electrons. The summed E-state index contributed by atoms with van der Waals surface area (Å²) in [6.07, 6.45) is 2.96. The largest absolute Gasteiger partial charge is 0.390 e. The van der Waals surface area contributed by atoms with E-state index >= 15 is 0 Å². The van der Waals surface area contributed by atoms with E-state index in [1.807, 2.05) is 30.3 Å². The van der Waals surface area contributed by atoms with E-state index in [1.54, 1.807) is 18.7 Å². The van der Waals surface area contributed by atoms with Crippen LogP contribution in [0.25, 0.3) is 0 Å². The van der Waals surface area contributed by atoms with E-state index in [9.17, 15) is 14.7 Å². The van der Waals surface area contributed by atoms with Crippen LogP contribution in [0.3, 0.4) is 0 Å². The molecule has 2 N–H and O–H groups in total. The fourth-order valence-corrected chi connectivity index (χ4v) is 3.29. The van der Waals surface area contributed by atoms with Crippen LogP contribution in [-0.4, -0.2) is 47.1 Å². The van der Waals surface area contributed by atoms with Crippen molar-refractivity contribution in [3.8, 4) is 0 Å². The number of hydrogen-bond acceptors (Lipinski definition) is 3. The smallest absolute Gasteiger partial charge is 0.245 e. The van der Waals surface area contributed by atoms with Crippen molar-refractivity contribution >= 4 is 11.8 Å². The van der Waals surface area contributed by atoms with E-state index in [2.05, 4.69) is 11.9 Å². The molecule has 1 aromatic rings. The Labute approximate surface area is 149 Å². The van der Waals surface area contributed by atoms with Gasteiger partial charge in [0.15, 0.2) is 0 Å². The highest BCUT2D eigenvalue weighted by molar-refractivity contribution is 5.90. The second kappa shape index (κ2) is 7.83. The van der Waals surface area contributed by atoms with E-state index in [0.717, 1.165) is 5.56 Å². The highest BCUT2D eigenvalue weighted by Gasteiger charge is 2.43. The summed E-state index contributed by atoms with van der Waals surface area (Å²) in [6.45, 7) is 8.47. The minimum Gasteiger partial charge on any atom is -0.390 e. The summed E-state index contributed by atoms with van der Waals surface area (Å²) in [5, 5.41) is 12.8. The Morgan fingerprint density at radius 2 is 1.88 bits per heavy atom. The molecule has 2 amide bonds. The van der Waals surface area contributed by atoms with Gasteiger partial charge in [0.1, 0.15) is 0 Å². The Morgan fingerprint density at radius 3 is 2.40 bits per heavy atom. The number of nitrogens with zero attached hydrogens (tertiary/aromatic N) is 1. The minimum atomic E-state index is -0.813. The van der Waals surface area contributed by atoms with E-state index in [0.29, 0.717) is 38.9 Å². The monoisotopic (exact) mass is 344 g/mol. The van der Waals surface area contributed by atoms with Crippen molar-refractivity contribution in [3.05, 3.63) is 48.6 Å². The highest BCUT2D eigenvalue weighted by Crippen LogP contribution is 2.36. The first-order valence-electron chi connectivity index (χ1n) is 8.76. The third kappa shape index (κ3) is 4.69. The molecule has 1 aliphatic rings. The number of carbonyl (C=O) groups is 2. The molecule has 1 heterocycles. The van der Waals surface area contributed by atoms with Crippen molar-refractivity contribution in [3.63, 3.8) is 0 Å². The van der Waals surface area contributed by atoms with Gasteiger partial charge in [-0.1, -0.05) is 36.9 Å². The lowest BCUT2D eigenvalue weighted by atomic mass is 9.72. The molecule has 0 saturated carbocycles. The molecule has 1 fully saturated rings. The van der Waals surface area contributed by atoms with Gasteiger partial charge < -0.3 is 15.3 Å². The number of nitrogens with one attached hydrogen (secondary N) is 1. The van der Waals surface area contributed by atoms with Gasteiger partial charge in [0, 0.05) is 19.6 Å². The number of carbonyl (C=O) groups excluding carboxylic acids is 2. The van der Waals surface area contributed by atoms with Gasteiger partial charge in [-0.15, -0.1) is 0 Å². The van der Waals surface area contributed by atoms with Crippen LogP contribution >= 0.6 is 0 Å². The number of rotatable bonds is 6. The number of piperidine rings is 1. The molecule has 0 unspecified atom stereocenters. The molecule has 0 aliphatic carbocycles. The minimum absolute atomic E-state index is 0.0337. The van der Waals surface area contributed by atoms with E-state index in [-0.39, 0.29) is 11.8 Å². The molecule has 0 atom stereocenters. The van der Waals surface area contributed by atoms with Crippen molar-refractivity contribution in [1.29, 1.82) is 0 Å². The molecule has 1 aliphatic heterocycles. The molecule has 1 aromatic carbocycles. The summed E-state index contributed by atoms with van der Waals surface area (Å²) in [5.41, 5.74) is -0.479. The lowest BCUT2D eigenvalue weighted by molar-refractivity contribution is -0.134. The fraction of sp³-hybridized carbons (Fsp3) is 0.500. The zero-order valence-electron chi connectivity index (χ0n) is 15.1. The van der Waals surface area contributed by atoms with E-state index in [4.69, 9.17) is 0 Å². The number of amides is 2. The average Bonchev–Trinajstić information content (AvgIpc) is 2.60.